The predicted molar refractivity (Wildman–Crippen MR) is 75.1 cm³/mol. The van der Waals surface area contributed by atoms with Crippen LogP contribution in [0.2, 0.25) is 0 Å². The molecular formula is C13H12BrN3O3. The number of halogens is 1. The van der Waals surface area contributed by atoms with Gasteiger partial charge in [-0.3, -0.25) is 14.9 Å². The van der Waals surface area contributed by atoms with E-state index in [0.717, 1.165) is 12.8 Å². The first-order valence-electron chi connectivity index (χ1n) is 6.14. The molecule has 1 saturated carbocycles. The van der Waals surface area contributed by atoms with Gasteiger partial charge in [0.05, 0.1) is 11.0 Å². The van der Waals surface area contributed by atoms with Crippen LogP contribution >= 0.6 is 15.9 Å². The molecule has 0 saturated heterocycles. The molecule has 0 spiro atoms. The average Bonchev–Trinajstić information content (AvgIpc) is 2.87. The molecule has 1 aliphatic carbocycles. The van der Waals surface area contributed by atoms with Crippen molar-refractivity contribution in [3.63, 3.8) is 0 Å². The van der Waals surface area contributed by atoms with Crippen LogP contribution in [0, 0.1) is 21.4 Å². The number of amides is 1. The summed E-state index contributed by atoms with van der Waals surface area (Å²) in [6.07, 6.45) is 3.02. The van der Waals surface area contributed by atoms with Crippen LogP contribution in [-0.4, -0.2) is 16.4 Å². The first kappa shape index (κ1) is 14.5. The Morgan fingerprint density at radius 3 is 2.60 bits per heavy atom. The molecule has 0 radical (unpaired) electrons. The molecule has 1 N–H and O–H groups in total. The molecule has 0 unspecified atom stereocenters. The molecule has 0 aromatic heterocycles. The molecule has 0 atom stereocenters. The molecule has 6 nitrogen and oxygen atoms in total. The number of nitro benzene ring substituents is 1. The van der Waals surface area contributed by atoms with Gasteiger partial charge < -0.3 is 5.32 Å². The topological polar surface area (TPSA) is 96.0 Å². The number of nitrogens with one attached hydrogen (secondary N) is 1. The summed E-state index contributed by atoms with van der Waals surface area (Å²) in [5.41, 5.74) is -0.830. The Morgan fingerprint density at radius 2 is 2.05 bits per heavy atom. The molecule has 1 aromatic rings. The van der Waals surface area contributed by atoms with Crippen molar-refractivity contribution >= 4 is 27.5 Å². The van der Waals surface area contributed by atoms with Crippen LogP contribution in [0.4, 0.5) is 5.69 Å². The molecule has 0 aliphatic heterocycles. The van der Waals surface area contributed by atoms with Crippen LogP contribution in [0.1, 0.15) is 36.0 Å². The fraction of sp³-hybridized carbons (Fsp3) is 0.385. The van der Waals surface area contributed by atoms with Crippen molar-refractivity contribution in [2.24, 2.45) is 0 Å². The van der Waals surface area contributed by atoms with E-state index in [1.807, 2.05) is 0 Å². The lowest BCUT2D eigenvalue weighted by Crippen LogP contribution is -2.45. The monoisotopic (exact) mass is 337 g/mol. The fourth-order valence-corrected chi connectivity index (χ4v) is 2.82. The van der Waals surface area contributed by atoms with Crippen LogP contribution in [0.15, 0.2) is 22.7 Å². The highest BCUT2D eigenvalue weighted by Gasteiger charge is 2.35. The van der Waals surface area contributed by atoms with Gasteiger partial charge in [-0.2, -0.15) is 5.26 Å². The van der Waals surface area contributed by atoms with Gasteiger partial charge in [-0.1, -0.05) is 15.9 Å². The maximum Gasteiger partial charge on any atom is 0.271 e. The number of hydrogen-bond acceptors (Lipinski definition) is 4. The normalized spacial score (nSPS) is 16.4. The van der Waals surface area contributed by atoms with Gasteiger partial charge in [-0.25, -0.2) is 0 Å². The lowest BCUT2D eigenvalue weighted by molar-refractivity contribution is -0.385. The molecule has 7 heteroatoms. The van der Waals surface area contributed by atoms with Gasteiger partial charge >= 0.3 is 0 Å². The van der Waals surface area contributed by atoms with E-state index in [9.17, 15) is 20.2 Å². The fourth-order valence-electron chi connectivity index (χ4n) is 2.34. The number of benzene rings is 1. The zero-order valence-electron chi connectivity index (χ0n) is 10.6. The quantitative estimate of drug-likeness (QED) is 0.677. The van der Waals surface area contributed by atoms with Gasteiger partial charge in [-0.05, 0) is 31.7 Å². The molecule has 2 rings (SSSR count). The summed E-state index contributed by atoms with van der Waals surface area (Å²) in [5, 5.41) is 22.7. The van der Waals surface area contributed by atoms with Crippen molar-refractivity contribution in [1.29, 1.82) is 5.26 Å². The first-order valence-corrected chi connectivity index (χ1v) is 6.94. The maximum absolute atomic E-state index is 12.2. The Balaban J connectivity index is 2.25. The molecule has 1 fully saturated rings. The summed E-state index contributed by atoms with van der Waals surface area (Å²) in [4.78, 5) is 22.4. The zero-order valence-corrected chi connectivity index (χ0v) is 12.1. The van der Waals surface area contributed by atoms with Crippen molar-refractivity contribution in [1.82, 2.24) is 5.32 Å². The molecule has 104 valence electrons. The van der Waals surface area contributed by atoms with E-state index in [1.165, 1.54) is 18.2 Å². The number of nitro groups is 1. The largest absolute Gasteiger partial charge is 0.334 e. The first-order chi connectivity index (χ1) is 9.46. The number of nitriles is 1. The van der Waals surface area contributed by atoms with Gasteiger partial charge in [-0.15, -0.1) is 0 Å². The molecule has 1 amide bonds. The van der Waals surface area contributed by atoms with Crippen molar-refractivity contribution in [3.05, 3.63) is 38.3 Å². The number of nitrogens with zero attached hydrogens (tertiary/aromatic N) is 2. The molecule has 0 bridgehead atoms. The smallest absolute Gasteiger partial charge is 0.271 e. The van der Waals surface area contributed by atoms with Crippen LogP contribution < -0.4 is 5.32 Å². The minimum atomic E-state index is -0.839. The lowest BCUT2D eigenvalue weighted by atomic mass is 9.99. The van der Waals surface area contributed by atoms with Gasteiger partial charge in [0, 0.05) is 22.2 Å². The van der Waals surface area contributed by atoms with Crippen LogP contribution in [0.5, 0.6) is 0 Å². The number of carbonyl (C=O) groups excluding carboxylic acids is 1. The number of rotatable bonds is 3. The van der Waals surface area contributed by atoms with E-state index in [-0.39, 0.29) is 11.3 Å². The zero-order chi connectivity index (χ0) is 14.8. The Hall–Kier alpha value is -1.94. The van der Waals surface area contributed by atoms with E-state index in [1.54, 1.807) is 0 Å². The summed E-state index contributed by atoms with van der Waals surface area (Å²) >= 11 is 3.14. The summed E-state index contributed by atoms with van der Waals surface area (Å²) in [7, 11) is 0. The Bertz CT molecular complexity index is 603. The minimum Gasteiger partial charge on any atom is -0.334 e. The van der Waals surface area contributed by atoms with Crippen molar-refractivity contribution < 1.29 is 9.72 Å². The van der Waals surface area contributed by atoms with Crippen LogP contribution in [0.25, 0.3) is 0 Å². The van der Waals surface area contributed by atoms with E-state index in [4.69, 9.17) is 0 Å². The van der Waals surface area contributed by atoms with E-state index in [0.29, 0.717) is 17.3 Å². The summed E-state index contributed by atoms with van der Waals surface area (Å²) in [6.45, 7) is 0. The molecule has 20 heavy (non-hydrogen) atoms. The lowest BCUT2D eigenvalue weighted by Gasteiger charge is -2.21. The second-order valence-electron chi connectivity index (χ2n) is 4.81. The Kier molecular flexibility index (Phi) is 4.04. The SMILES string of the molecule is N#CC1(NC(=O)c2cc(Br)cc([N+](=O)[O-])c2)CCCC1. The van der Waals surface area contributed by atoms with Gasteiger partial charge in [0.25, 0.3) is 11.6 Å². The number of non-ortho nitro benzene ring substituents is 1. The van der Waals surface area contributed by atoms with E-state index < -0.39 is 16.4 Å². The second-order valence-corrected chi connectivity index (χ2v) is 5.73. The summed E-state index contributed by atoms with van der Waals surface area (Å²) in [6, 6.07) is 6.19. The highest BCUT2D eigenvalue weighted by atomic mass is 79.9. The third-order valence-corrected chi connectivity index (χ3v) is 3.84. The summed E-state index contributed by atoms with van der Waals surface area (Å²) < 4.78 is 0.453. The summed E-state index contributed by atoms with van der Waals surface area (Å²) in [5.74, 6) is -0.460. The average molecular weight is 338 g/mol. The second kappa shape index (κ2) is 5.59. The van der Waals surface area contributed by atoms with E-state index in [2.05, 4.69) is 27.3 Å². The third kappa shape index (κ3) is 2.96. The molecule has 1 aromatic carbocycles. The Labute approximate surface area is 124 Å². The van der Waals surface area contributed by atoms with Crippen molar-refractivity contribution in [2.45, 2.75) is 31.2 Å². The Morgan fingerprint density at radius 1 is 1.40 bits per heavy atom. The highest BCUT2D eigenvalue weighted by Crippen LogP contribution is 2.29. The van der Waals surface area contributed by atoms with Gasteiger partial charge in [0.1, 0.15) is 5.54 Å². The number of hydrogen-bond donors (Lipinski definition) is 1. The standard InChI is InChI=1S/C13H12BrN3O3/c14-10-5-9(6-11(7-10)17(19)20)12(18)16-13(8-15)3-1-2-4-13/h5-7H,1-4H2,(H,16,18). The predicted octanol–water partition coefficient (Wildman–Crippen LogP) is 2.92. The van der Waals surface area contributed by atoms with Crippen LogP contribution in [0.3, 0.4) is 0 Å². The molecule has 0 heterocycles. The number of carbonyl (C=O) groups is 1. The van der Waals surface area contributed by atoms with Gasteiger partial charge in [0.2, 0.25) is 0 Å². The third-order valence-electron chi connectivity index (χ3n) is 3.38. The highest BCUT2D eigenvalue weighted by molar-refractivity contribution is 9.10. The van der Waals surface area contributed by atoms with Crippen LogP contribution in [-0.2, 0) is 0 Å². The molecule has 1 aliphatic rings. The van der Waals surface area contributed by atoms with Crippen molar-refractivity contribution in [2.75, 3.05) is 0 Å². The van der Waals surface area contributed by atoms with E-state index >= 15 is 0 Å². The maximum atomic E-state index is 12.2. The molecular weight excluding hydrogens is 326 g/mol. The van der Waals surface area contributed by atoms with Crippen molar-refractivity contribution in [3.8, 4) is 6.07 Å². The van der Waals surface area contributed by atoms with Gasteiger partial charge in [0.15, 0.2) is 0 Å². The minimum absolute atomic E-state index is 0.165.